The van der Waals surface area contributed by atoms with Crippen LogP contribution in [0.25, 0.3) is 0 Å². The lowest BCUT2D eigenvalue weighted by atomic mass is 10.1. The van der Waals surface area contributed by atoms with Crippen molar-refractivity contribution in [3.8, 4) is 0 Å². The summed E-state index contributed by atoms with van der Waals surface area (Å²) in [7, 11) is 0. The van der Waals surface area contributed by atoms with Crippen molar-refractivity contribution < 1.29 is 24.7 Å². The van der Waals surface area contributed by atoms with Gasteiger partial charge in [-0.05, 0) is 12.8 Å². The van der Waals surface area contributed by atoms with Crippen LogP contribution in [0.15, 0.2) is 12.2 Å². The Kier molecular flexibility index (Phi) is 7.62. The first-order valence-corrected chi connectivity index (χ1v) is 5.82. The summed E-state index contributed by atoms with van der Waals surface area (Å²) < 4.78 is 0. The van der Waals surface area contributed by atoms with E-state index in [1.807, 2.05) is 19.1 Å². The van der Waals surface area contributed by atoms with Crippen molar-refractivity contribution in [3.63, 3.8) is 0 Å². The largest absolute Gasteiger partial charge is 0.481 e. The first-order chi connectivity index (χ1) is 8.40. The fraction of sp³-hybridized carbons (Fsp3) is 0.583. The van der Waals surface area contributed by atoms with E-state index in [1.165, 1.54) is 0 Å². The van der Waals surface area contributed by atoms with Crippen LogP contribution in [0.4, 0.5) is 0 Å². The minimum absolute atomic E-state index is 0.148. The zero-order chi connectivity index (χ0) is 14.1. The summed E-state index contributed by atoms with van der Waals surface area (Å²) in [6.07, 6.45) is 5.82. The van der Waals surface area contributed by atoms with E-state index in [2.05, 4.69) is 0 Å². The molecule has 1 unspecified atom stereocenters. The molecule has 0 aromatic heterocycles. The van der Waals surface area contributed by atoms with Gasteiger partial charge in [0.05, 0.1) is 5.92 Å². The van der Waals surface area contributed by atoms with Crippen molar-refractivity contribution in [1.82, 2.24) is 5.06 Å². The number of imide groups is 1. The molecule has 0 spiro atoms. The Morgan fingerprint density at radius 2 is 1.83 bits per heavy atom. The fourth-order valence-corrected chi connectivity index (χ4v) is 1.13. The third-order valence-corrected chi connectivity index (χ3v) is 2.34. The molecule has 6 heteroatoms. The Balaban J connectivity index is 0.000000327. The molecule has 1 fully saturated rings. The normalized spacial score (nSPS) is 16.7. The fourth-order valence-electron chi connectivity index (χ4n) is 1.13. The van der Waals surface area contributed by atoms with E-state index in [0.29, 0.717) is 6.42 Å². The van der Waals surface area contributed by atoms with Crippen molar-refractivity contribution in [2.45, 2.75) is 39.5 Å². The quantitative estimate of drug-likeness (QED) is 0.453. The SMILES string of the molecule is CCC=CCC(C)C(=O)O.O=C1CCC(=O)N1O. The predicted molar refractivity (Wildman–Crippen MR) is 63.7 cm³/mol. The summed E-state index contributed by atoms with van der Waals surface area (Å²) >= 11 is 0. The molecule has 1 rings (SSSR count). The molecule has 6 nitrogen and oxygen atoms in total. The zero-order valence-corrected chi connectivity index (χ0v) is 10.6. The number of hydrogen-bond acceptors (Lipinski definition) is 4. The Bertz CT molecular complexity index is 321. The van der Waals surface area contributed by atoms with Gasteiger partial charge in [-0.25, -0.2) is 0 Å². The molecule has 1 saturated heterocycles. The number of aliphatic carboxylic acids is 1. The lowest BCUT2D eigenvalue weighted by Gasteiger charge is -1.98. The van der Waals surface area contributed by atoms with Crippen LogP contribution in [0.3, 0.4) is 0 Å². The number of carboxylic acid groups (broad SMARTS) is 1. The maximum absolute atomic E-state index is 10.3. The summed E-state index contributed by atoms with van der Waals surface area (Å²) in [5.74, 6) is -1.98. The molecule has 0 radical (unpaired) electrons. The number of amides is 2. The van der Waals surface area contributed by atoms with E-state index < -0.39 is 17.8 Å². The number of carbonyl (C=O) groups is 3. The van der Waals surface area contributed by atoms with Crippen LogP contribution >= 0.6 is 0 Å². The molecule has 18 heavy (non-hydrogen) atoms. The number of hydroxylamine groups is 2. The summed E-state index contributed by atoms with van der Waals surface area (Å²) in [6.45, 7) is 3.74. The van der Waals surface area contributed by atoms with Gasteiger partial charge in [-0.1, -0.05) is 26.0 Å². The molecule has 2 N–H and O–H groups in total. The number of hydrogen-bond donors (Lipinski definition) is 2. The van der Waals surface area contributed by atoms with Gasteiger partial charge in [0.15, 0.2) is 0 Å². The molecule has 1 aliphatic rings. The second-order valence-corrected chi connectivity index (χ2v) is 3.95. The lowest BCUT2D eigenvalue weighted by molar-refractivity contribution is -0.171. The van der Waals surface area contributed by atoms with E-state index in [0.717, 1.165) is 6.42 Å². The Labute approximate surface area is 106 Å². The van der Waals surface area contributed by atoms with E-state index in [-0.39, 0.29) is 23.8 Å². The Morgan fingerprint density at radius 3 is 2.11 bits per heavy atom. The topological polar surface area (TPSA) is 94.9 Å². The molecule has 0 aliphatic carbocycles. The van der Waals surface area contributed by atoms with Crippen molar-refractivity contribution in [1.29, 1.82) is 0 Å². The highest BCUT2D eigenvalue weighted by atomic mass is 16.5. The van der Waals surface area contributed by atoms with E-state index in [1.54, 1.807) is 6.92 Å². The van der Waals surface area contributed by atoms with E-state index in [4.69, 9.17) is 10.3 Å². The van der Waals surface area contributed by atoms with Gasteiger partial charge in [0, 0.05) is 12.8 Å². The number of carboxylic acids is 1. The third-order valence-electron chi connectivity index (χ3n) is 2.34. The van der Waals surface area contributed by atoms with E-state index in [9.17, 15) is 14.4 Å². The van der Waals surface area contributed by atoms with Crippen molar-refractivity contribution >= 4 is 17.8 Å². The lowest BCUT2D eigenvalue weighted by Crippen LogP contribution is -2.24. The second-order valence-electron chi connectivity index (χ2n) is 3.95. The van der Waals surface area contributed by atoms with Crippen molar-refractivity contribution in [3.05, 3.63) is 12.2 Å². The molecule has 102 valence electrons. The number of rotatable bonds is 4. The van der Waals surface area contributed by atoms with Gasteiger partial charge >= 0.3 is 5.97 Å². The molecule has 0 aromatic carbocycles. The number of allylic oxidation sites excluding steroid dienone is 2. The van der Waals surface area contributed by atoms with Crippen LogP contribution in [0.1, 0.15) is 39.5 Å². The molecule has 0 bridgehead atoms. The van der Waals surface area contributed by atoms with Crippen LogP contribution in [-0.4, -0.2) is 33.2 Å². The molecule has 0 aromatic rings. The Morgan fingerprint density at radius 1 is 1.33 bits per heavy atom. The van der Waals surface area contributed by atoms with Gasteiger partial charge in [-0.3, -0.25) is 19.6 Å². The third kappa shape index (κ3) is 6.15. The molecular weight excluding hydrogens is 238 g/mol. The maximum Gasteiger partial charge on any atom is 0.306 e. The Hall–Kier alpha value is -1.69. The van der Waals surface area contributed by atoms with E-state index >= 15 is 0 Å². The van der Waals surface area contributed by atoms with Crippen LogP contribution in [0.2, 0.25) is 0 Å². The summed E-state index contributed by atoms with van der Waals surface area (Å²) in [6, 6.07) is 0. The van der Waals surface area contributed by atoms with Gasteiger partial charge in [0.1, 0.15) is 0 Å². The molecule has 2 amide bonds. The monoisotopic (exact) mass is 257 g/mol. The van der Waals surface area contributed by atoms with Crippen LogP contribution in [-0.2, 0) is 14.4 Å². The highest BCUT2D eigenvalue weighted by molar-refractivity contribution is 6.00. The second kappa shape index (κ2) is 8.41. The highest BCUT2D eigenvalue weighted by Gasteiger charge is 2.26. The minimum Gasteiger partial charge on any atom is -0.481 e. The van der Waals surface area contributed by atoms with Crippen molar-refractivity contribution in [2.75, 3.05) is 0 Å². The average molecular weight is 257 g/mol. The highest BCUT2D eigenvalue weighted by Crippen LogP contribution is 2.07. The standard InChI is InChI=1S/C8H14O2.C4H5NO3/c1-3-4-5-6-7(2)8(9)10;6-3-1-2-4(7)5(3)8/h4-5,7H,3,6H2,1-2H3,(H,9,10);8H,1-2H2. The number of nitrogens with zero attached hydrogens (tertiary/aromatic N) is 1. The van der Waals surface area contributed by atoms with Crippen LogP contribution in [0.5, 0.6) is 0 Å². The van der Waals surface area contributed by atoms with Gasteiger partial charge in [0.2, 0.25) is 0 Å². The molecule has 1 atom stereocenters. The zero-order valence-electron chi connectivity index (χ0n) is 10.6. The number of carbonyl (C=O) groups excluding carboxylic acids is 2. The molecule has 1 aliphatic heterocycles. The molecule has 1 heterocycles. The van der Waals surface area contributed by atoms with Gasteiger partial charge < -0.3 is 5.11 Å². The summed E-state index contributed by atoms with van der Waals surface area (Å²) in [5, 5.41) is 17.0. The molecule has 0 saturated carbocycles. The van der Waals surface area contributed by atoms with Crippen LogP contribution < -0.4 is 0 Å². The first kappa shape index (κ1) is 16.3. The summed E-state index contributed by atoms with van der Waals surface area (Å²) in [4.78, 5) is 30.7. The van der Waals surface area contributed by atoms with Gasteiger partial charge in [0.25, 0.3) is 11.8 Å². The summed E-state index contributed by atoms with van der Waals surface area (Å²) in [5.41, 5.74) is 0. The predicted octanol–water partition coefficient (Wildman–Crippen LogP) is 1.59. The first-order valence-electron chi connectivity index (χ1n) is 5.82. The van der Waals surface area contributed by atoms with Crippen LogP contribution in [0, 0.1) is 5.92 Å². The van der Waals surface area contributed by atoms with Gasteiger partial charge in [-0.2, -0.15) is 5.06 Å². The molecular formula is C12H19NO5. The maximum atomic E-state index is 10.3. The average Bonchev–Trinajstić information content (AvgIpc) is 2.61. The van der Waals surface area contributed by atoms with Gasteiger partial charge in [-0.15, -0.1) is 0 Å². The smallest absolute Gasteiger partial charge is 0.306 e. The minimum atomic E-state index is -0.722. The van der Waals surface area contributed by atoms with Crippen molar-refractivity contribution in [2.24, 2.45) is 5.92 Å².